The SMILES string of the molecule is CCCCCC1C[C@@H]1CC1C[C@H]1CO. The number of hydrogen-bond acceptors (Lipinski definition) is 1. The van der Waals surface area contributed by atoms with Crippen LogP contribution in [0.15, 0.2) is 0 Å². The Balaban J connectivity index is 1.50. The largest absolute Gasteiger partial charge is 0.396 e. The molecule has 0 aliphatic heterocycles. The van der Waals surface area contributed by atoms with Gasteiger partial charge in [-0.2, -0.15) is 0 Å². The fourth-order valence-corrected chi connectivity index (χ4v) is 2.82. The van der Waals surface area contributed by atoms with E-state index < -0.39 is 0 Å². The summed E-state index contributed by atoms with van der Waals surface area (Å²) in [5.41, 5.74) is 0. The lowest BCUT2D eigenvalue weighted by Gasteiger charge is -1.99. The lowest BCUT2D eigenvalue weighted by Crippen LogP contribution is -1.91. The maximum atomic E-state index is 8.95. The molecule has 0 aromatic rings. The van der Waals surface area contributed by atoms with Crippen molar-refractivity contribution in [3.05, 3.63) is 0 Å². The number of unbranched alkanes of at least 4 members (excludes halogenated alkanes) is 2. The molecule has 1 nitrogen and oxygen atoms in total. The first kappa shape index (κ1) is 10.5. The van der Waals surface area contributed by atoms with E-state index in [2.05, 4.69) is 6.92 Å². The minimum atomic E-state index is 0.442. The minimum absolute atomic E-state index is 0.442. The van der Waals surface area contributed by atoms with Crippen molar-refractivity contribution in [2.24, 2.45) is 23.7 Å². The molecule has 2 fully saturated rings. The maximum absolute atomic E-state index is 8.95. The molecular weight excluding hydrogens is 172 g/mol. The third kappa shape index (κ3) is 2.73. The van der Waals surface area contributed by atoms with Gasteiger partial charge in [0.2, 0.25) is 0 Å². The van der Waals surface area contributed by atoms with Gasteiger partial charge < -0.3 is 5.11 Å². The topological polar surface area (TPSA) is 20.2 Å². The molecule has 0 saturated heterocycles. The van der Waals surface area contributed by atoms with E-state index >= 15 is 0 Å². The molecule has 0 aromatic heterocycles. The fourth-order valence-electron chi connectivity index (χ4n) is 2.82. The Kier molecular flexibility index (Phi) is 3.48. The minimum Gasteiger partial charge on any atom is -0.396 e. The van der Waals surface area contributed by atoms with E-state index in [-0.39, 0.29) is 0 Å². The lowest BCUT2D eigenvalue weighted by atomic mass is 10.1. The molecule has 4 atom stereocenters. The van der Waals surface area contributed by atoms with Gasteiger partial charge in [-0.25, -0.2) is 0 Å². The zero-order valence-corrected chi connectivity index (χ0v) is 9.41. The Morgan fingerprint density at radius 2 is 1.71 bits per heavy atom. The molecule has 0 amide bonds. The molecule has 82 valence electrons. The Bertz CT molecular complexity index is 178. The molecule has 0 heterocycles. The summed E-state index contributed by atoms with van der Waals surface area (Å²) in [6, 6.07) is 0. The number of aliphatic hydroxyl groups is 1. The van der Waals surface area contributed by atoms with Crippen LogP contribution in [0, 0.1) is 23.7 Å². The summed E-state index contributed by atoms with van der Waals surface area (Å²) in [7, 11) is 0. The summed E-state index contributed by atoms with van der Waals surface area (Å²) >= 11 is 0. The van der Waals surface area contributed by atoms with Crippen molar-refractivity contribution in [1.29, 1.82) is 0 Å². The molecule has 2 saturated carbocycles. The van der Waals surface area contributed by atoms with Crippen LogP contribution in [0.25, 0.3) is 0 Å². The van der Waals surface area contributed by atoms with Gasteiger partial charge in [0.25, 0.3) is 0 Å². The van der Waals surface area contributed by atoms with Gasteiger partial charge in [-0.3, -0.25) is 0 Å². The van der Waals surface area contributed by atoms with E-state index in [4.69, 9.17) is 5.11 Å². The van der Waals surface area contributed by atoms with Crippen LogP contribution in [0.3, 0.4) is 0 Å². The van der Waals surface area contributed by atoms with Gasteiger partial charge in [-0.15, -0.1) is 0 Å². The van der Waals surface area contributed by atoms with Gasteiger partial charge in [0.15, 0.2) is 0 Å². The Labute approximate surface area is 87.9 Å². The molecule has 0 radical (unpaired) electrons. The molecule has 2 rings (SSSR count). The quantitative estimate of drug-likeness (QED) is 0.620. The fraction of sp³-hybridized carbons (Fsp3) is 1.00. The molecule has 2 unspecified atom stereocenters. The van der Waals surface area contributed by atoms with Crippen molar-refractivity contribution in [2.75, 3.05) is 6.61 Å². The Morgan fingerprint density at radius 3 is 2.36 bits per heavy atom. The van der Waals surface area contributed by atoms with Crippen LogP contribution >= 0.6 is 0 Å². The van der Waals surface area contributed by atoms with Crippen LogP contribution < -0.4 is 0 Å². The maximum Gasteiger partial charge on any atom is 0.0462 e. The van der Waals surface area contributed by atoms with E-state index in [1.54, 1.807) is 0 Å². The molecule has 14 heavy (non-hydrogen) atoms. The summed E-state index contributed by atoms with van der Waals surface area (Å²) < 4.78 is 0. The highest BCUT2D eigenvalue weighted by Gasteiger charge is 2.44. The van der Waals surface area contributed by atoms with Crippen LogP contribution in [0.5, 0.6) is 0 Å². The van der Waals surface area contributed by atoms with Crippen molar-refractivity contribution < 1.29 is 5.11 Å². The molecule has 2 aliphatic rings. The first-order chi connectivity index (χ1) is 6.85. The predicted octanol–water partition coefficient (Wildman–Crippen LogP) is 3.22. The third-order valence-electron chi connectivity index (χ3n) is 4.16. The van der Waals surface area contributed by atoms with Crippen LogP contribution in [0.2, 0.25) is 0 Å². The zero-order chi connectivity index (χ0) is 9.97. The van der Waals surface area contributed by atoms with Crippen molar-refractivity contribution in [3.8, 4) is 0 Å². The van der Waals surface area contributed by atoms with Crippen LogP contribution in [-0.2, 0) is 0 Å². The molecule has 0 bridgehead atoms. The Morgan fingerprint density at radius 1 is 1.00 bits per heavy atom. The molecule has 1 N–H and O–H groups in total. The van der Waals surface area contributed by atoms with Crippen LogP contribution in [0.1, 0.15) is 51.9 Å². The zero-order valence-electron chi connectivity index (χ0n) is 9.41. The van der Waals surface area contributed by atoms with E-state index in [9.17, 15) is 0 Å². The van der Waals surface area contributed by atoms with Gasteiger partial charge in [0.1, 0.15) is 0 Å². The second-order valence-corrected chi connectivity index (χ2v) is 5.43. The summed E-state index contributed by atoms with van der Waals surface area (Å²) in [4.78, 5) is 0. The smallest absolute Gasteiger partial charge is 0.0462 e. The average Bonchev–Trinajstić information content (AvgIpc) is 3.06. The van der Waals surface area contributed by atoms with Gasteiger partial charge >= 0.3 is 0 Å². The van der Waals surface area contributed by atoms with Crippen molar-refractivity contribution in [2.45, 2.75) is 51.9 Å². The highest BCUT2D eigenvalue weighted by Crippen LogP contribution is 2.53. The highest BCUT2D eigenvalue weighted by molar-refractivity contribution is 4.94. The van der Waals surface area contributed by atoms with Crippen LogP contribution in [-0.4, -0.2) is 11.7 Å². The highest BCUT2D eigenvalue weighted by atomic mass is 16.3. The molecule has 0 aromatic carbocycles. The van der Waals surface area contributed by atoms with Gasteiger partial charge in [0, 0.05) is 6.61 Å². The van der Waals surface area contributed by atoms with Gasteiger partial charge in [-0.1, -0.05) is 32.6 Å². The number of aliphatic hydroxyl groups excluding tert-OH is 1. The normalized spacial score (nSPS) is 39.9. The van der Waals surface area contributed by atoms with E-state index in [0.29, 0.717) is 12.5 Å². The first-order valence-corrected chi connectivity index (χ1v) is 6.46. The number of rotatable bonds is 7. The molecule has 2 aliphatic carbocycles. The van der Waals surface area contributed by atoms with Crippen molar-refractivity contribution >= 4 is 0 Å². The average molecular weight is 196 g/mol. The monoisotopic (exact) mass is 196 g/mol. The van der Waals surface area contributed by atoms with E-state index in [1.807, 2.05) is 0 Å². The van der Waals surface area contributed by atoms with Crippen molar-refractivity contribution in [3.63, 3.8) is 0 Å². The molecule has 0 spiro atoms. The van der Waals surface area contributed by atoms with E-state index in [0.717, 1.165) is 17.8 Å². The lowest BCUT2D eigenvalue weighted by molar-refractivity contribution is 0.266. The first-order valence-electron chi connectivity index (χ1n) is 6.46. The standard InChI is InChI=1S/C13H24O/c1-2-3-4-5-10-6-11(10)7-12-8-13(12)9-14/h10-14H,2-9H2,1H3/t10?,11-,12?,13+/m1/s1. The summed E-state index contributed by atoms with van der Waals surface area (Å²) in [6.45, 7) is 2.72. The number of hydrogen-bond donors (Lipinski definition) is 1. The predicted molar refractivity (Wildman–Crippen MR) is 59.0 cm³/mol. The summed E-state index contributed by atoms with van der Waals surface area (Å²) in [5, 5.41) is 8.95. The molecule has 1 heteroatoms. The van der Waals surface area contributed by atoms with E-state index in [1.165, 1.54) is 44.9 Å². The van der Waals surface area contributed by atoms with Gasteiger partial charge in [0.05, 0.1) is 0 Å². The second kappa shape index (κ2) is 4.65. The van der Waals surface area contributed by atoms with Gasteiger partial charge in [-0.05, 0) is 42.9 Å². The molecular formula is C13H24O. The summed E-state index contributed by atoms with van der Waals surface area (Å²) in [5.74, 6) is 3.71. The second-order valence-electron chi connectivity index (χ2n) is 5.43. The summed E-state index contributed by atoms with van der Waals surface area (Å²) in [6.07, 6.45) is 9.95. The van der Waals surface area contributed by atoms with Crippen molar-refractivity contribution in [1.82, 2.24) is 0 Å². The third-order valence-corrected chi connectivity index (χ3v) is 4.16. The Hall–Kier alpha value is -0.0400. The van der Waals surface area contributed by atoms with Crippen LogP contribution in [0.4, 0.5) is 0 Å².